The number of aryl methyl sites for hydroxylation is 6. The van der Waals surface area contributed by atoms with Gasteiger partial charge >= 0.3 is 0 Å². The van der Waals surface area contributed by atoms with Crippen LogP contribution in [0.1, 0.15) is 113 Å². The van der Waals surface area contributed by atoms with Gasteiger partial charge in [-0.3, -0.25) is 0 Å². The fourth-order valence-corrected chi connectivity index (χ4v) is 7.45. The van der Waals surface area contributed by atoms with Crippen molar-refractivity contribution in [3.8, 4) is 0 Å². The number of fused-ring (bicyclic) bond motifs is 2. The van der Waals surface area contributed by atoms with E-state index in [9.17, 15) is 0 Å². The highest BCUT2D eigenvalue weighted by Gasteiger charge is 2.06. The molecular weight excluding hydrogens is 747 g/mol. The molecule has 1 atom stereocenters. The molecule has 8 rings (SSSR count). The normalized spacial score (nSPS) is 13.0. The van der Waals surface area contributed by atoms with Crippen molar-refractivity contribution in [3.05, 3.63) is 220 Å². The van der Waals surface area contributed by atoms with Crippen molar-refractivity contribution < 1.29 is 0 Å². The molecule has 0 fully saturated rings. The molecule has 0 saturated carbocycles. The first kappa shape index (κ1) is 52.6. The lowest BCUT2D eigenvalue weighted by atomic mass is 9.94. The summed E-state index contributed by atoms with van der Waals surface area (Å²) < 4.78 is 0. The lowest BCUT2D eigenvalue weighted by Gasteiger charge is -2.11. The van der Waals surface area contributed by atoms with E-state index in [1.165, 1.54) is 111 Å². The van der Waals surface area contributed by atoms with E-state index < -0.39 is 0 Å². The quantitative estimate of drug-likeness (QED) is 0.114. The van der Waals surface area contributed by atoms with Gasteiger partial charge in [0.1, 0.15) is 0 Å². The first-order valence-electron chi connectivity index (χ1n) is 22.8. The third kappa shape index (κ3) is 18.2. The molecule has 62 heavy (non-hydrogen) atoms. The second-order valence-corrected chi connectivity index (χ2v) is 15.7. The van der Waals surface area contributed by atoms with Crippen LogP contribution >= 0.6 is 0 Å². The van der Waals surface area contributed by atoms with Gasteiger partial charge in [-0.15, -0.1) is 6.58 Å². The molecule has 2 N–H and O–H groups in total. The predicted molar refractivity (Wildman–Crippen MR) is 280 cm³/mol. The molecule has 0 heterocycles. The van der Waals surface area contributed by atoms with Gasteiger partial charge in [0.25, 0.3) is 0 Å². The molecule has 0 radical (unpaired) electrons. The van der Waals surface area contributed by atoms with Gasteiger partial charge in [-0.25, -0.2) is 0 Å². The fourth-order valence-electron chi connectivity index (χ4n) is 7.45. The van der Waals surface area contributed by atoms with Crippen molar-refractivity contribution in [1.29, 1.82) is 0 Å². The summed E-state index contributed by atoms with van der Waals surface area (Å²) in [6.07, 6.45) is 21.8. The van der Waals surface area contributed by atoms with E-state index in [0.717, 1.165) is 19.3 Å². The summed E-state index contributed by atoms with van der Waals surface area (Å²) in [6, 6.07) is 50.2. The highest BCUT2D eigenvalue weighted by molar-refractivity contribution is 5.85. The molecule has 0 bridgehead atoms. The molecule has 2 aliphatic rings. The van der Waals surface area contributed by atoms with Crippen LogP contribution in [0.15, 0.2) is 170 Å². The van der Waals surface area contributed by atoms with Crippen LogP contribution in [0.2, 0.25) is 0 Å². The number of benzene rings is 6. The molecule has 1 nitrogen and oxygen atoms in total. The minimum atomic E-state index is 0. The van der Waals surface area contributed by atoms with Gasteiger partial charge in [0.2, 0.25) is 0 Å². The molecule has 0 aromatic heterocycles. The highest BCUT2D eigenvalue weighted by Crippen LogP contribution is 2.24. The maximum atomic E-state index is 4.50. The Morgan fingerprint density at radius 1 is 0.661 bits per heavy atom. The standard InChI is InChI=1S/C19H20.C14H16.C12H12.C12H16.C2H6.CH5N.CH4/c1-15-9-11-16(12-10-15)13-14-18-7-4-6-17-5-2-3-8-19(17)18;1-11-3-7-13(8-4-11)14-9-5-12(2)6-10-14;1-2-10-7-5-8-11-6-3-4-9-12(10)11;1-3-4-5-8-12-9-6-7-11(2)10-12;2*1-2;/h2-3,5-6,8-12H,4,7,13-14H2,1H3;3-5,7-10,12H,6H2,1-2H3;3-9H,2H2,1H3;3,6-7,9-10H,1,4-5,8H2,2H3;1-2H3;2H2,1H3;1H4. The zero-order valence-electron chi connectivity index (χ0n) is 38.9. The van der Waals surface area contributed by atoms with E-state index in [4.69, 9.17) is 0 Å². The molecule has 0 saturated heterocycles. The van der Waals surface area contributed by atoms with Gasteiger partial charge in [0, 0.05) is 0 Å². The van der Waals surface area contributed by atoms with Crippen molar-refractivity contribution in [2.24, 2.45) is 11.7 Å². The van der Waals surface area contributed by atoms with E-state index >= 15 is 0 Å². The molecule has 0 aliphatic heterocycles. The summed E-state index contributed by atoms with van der Waals surface area (Å²) in [7, 11) is 1.50. The summed E-state index contributed by atoms with van der Waals surface area (Å²) in [6.45, 7) is 18.6. The zero-order valence-corrected chi connectivity index (χ0v) is 38.9. The van der Waals surface area contributed by atoms with Gasteiger partial charge in [0.05, 0.1) is 0 Å². The number of hydrogen-bond acceptors (Lipinski definition) is 1. The van der Waals surface area contributed by atoms with Gasteiger partial charge < -0.3 is 5.73 Å². The number of hydrogen-bond donors (Lipinski definition) is 1. The van der Waals surface area contributed by atoms with Crippen LogP contribution in [-0.4, -0.2) is 7.05 Å². The monoisotopic (exact) mass is 826 g/mol. The summed E-state index contributed by atoms with van der Waals surface area (Å²) in [5.74, 6) is 0.698. The molecular formula is C61H79N. The Bertz CT molecular complexity index is 2330. The van der Waals surface area contributed by atoms with Crippen molar-refractivity contribution in [3.63, 3.8) is 0 Å². The molecule has 2 aliphatic carbocycles. The van der Waals surface area contributed by atoms with E-state index in [0.29, 0.717) is 5.92 Å². The van der Waals surface area contributed by atoms with Gasteiger partial charge in [0.15, 0.2) is 0 Å². The van der Waals surface area contributed by atoms with E-state index in [1.807, 2.05) is 19.9 Å². The summed E-state index contributed by atoms with van der Waals surface area (Å²) in [4.78, 5) is 0. The first-order valence-corrected chi connectivity index (χ1v) is 22.8. The third-order valence-electron chi connectivity index (χ3n) is 10.9. The number of allylic oxidation sites excluding steroid dienone is 5. The minimum absolute atomic E-state index is 0. The number of rotatable bonds is 9. The Balaban J connectivity index is 0.000000280. The summed E-state index contributed by atoms with van der Waals surface area (Å²) in [5.41, 5.74) is 17.2. The Morgan fingerprint density at radius 3 is 1.97 bits per heavy atom. The Hall–Kier alpha value is -5.50. The third-order valence-corrected chi connectivity index (χ3v) is 10.9. The van der Waals surface area contributed by atoms with Crippen LogP contribution in [0, 0.1) is 26.7 Å². The van der Waals surface area contributed by atoms with Gasteiger partial charge in [-0.05, 0) is 141 Å². The zero-order chi connectivity index (χ0) is 44.2. The fraction of sp³-hybridized carbons (Fsp3) is 0.311. The topological polar surface area (TPSA) is 26.0 Å². The predicted octanol–water partition coefficient (Wildman–Crippen LogP) is 15.5. The molecule has 1 unspecified atom stereocenters. The van der Waals surface area contributed by atoms with Crippen LogP contribution < -0.4 is 16.2 Å². The first-order chi connectivity index (χ1) is 29.8. The lowest BCUT2D eigenvalue weighted by molar-refractivity contribution is 0.739. The SMILES string of the molecule is C.C=CCCCc1cccc(C)c1.CC.CCc1cccc2ccccc12.CN.Cc1ccc(C2=CCC(C)C=C2)cc1.Cc1ccc(CCC2=c3ccccc3=CCC2)cc1. The highest BCUT2D eigenvalue weighted by atomic mass is 14.4. The van der Waals surface area contributed by atoms with Crippen molar-refractivity contribution in [1.82, 2.24) is 0 Å². The smallest absolute Gasteiger partial charge is 0.0152 e. The average Bonchev–Trinajstić information content (AvgIpc) is 3.31. The van der Waals surface area contributed by atoms with Crippen molar-refractivity contribution >= 4 is 28.0 Å². The Morgan fingerprint density at radius 2 is 1.31 bits per heavy atom. The Labute approximate surface area is 378 Å². The lowest BCUT2D eigenvalue weighted by Crippen LogP contribution is -2.29. The summed E-state index contributed by atoms with van der Waals surface area (Å²) in [5, 5.41) is 5.63. The van der Waals surface area contributed by atoms with Crippen LogP contribution in [0.4, 0.5) is 0 Å². The molecule has 6 aromatic rings. The summed E-state index contributed by atoms with van der Waals surface area (Å²) >= 11 is 0. The molecule has 6 aromatic carbocycles. The van der Waals surface area contributed by atoms with Crippen LogP contribution in [0.5, 0.6) is 0 Å². The maximum absolute atomic E-state index is 4.50. The molecule has 328 valence electrons. The van der Waals surface area contributed by atoms with Gasteiger partial charge in [-0.2, -0.15) is 0 Å². The van der Waals surface area contributed by atoms with Crippen LogP contribution in [-0.2, 0) is 19.3 Å². The second kappa shape index (κ2) is 30.5. The largest absolute Gasteiger partial charge is 0.333 e. The number of nitrogens with two attached hydrogens (primary N) is 1. The Kier molecular flexibility index (Phi) is 25.9. The van der Waals surface area contributed by atoms with Crippen molar-refractivity contribution in [2.75, 3.05) is 7.05 Å². The maximum Gasteiger partial charge on any atom is -0.0152 e. The van der Waals surface area contributed by atoms with E-state index in [-0.39, 0.29) is 7.43 Å². The number of unbranched alkanes of at least 4 members (excludes halogenated alkanes) is 1. The molecule has 0 spiro atoms. The molecule has 1 heteroatoms. The van der Waals surface area contributed by atoms with Crippen LogP contribution in [0.25, 0.3) is 28.0 Å². The molecule has 0 amide bonds. The second-order valence-electron chi connectivity index (χ2n) is 15.7. The van der Waals surface area contributed by atoms with Crippen molar-refractivity contribution in [2.45, 2.75) is 114 Å². The average molecular weight is 826 g/mol. The van der Waals surface area contributed by atoms with Crippen LogP contribution in [0.3, 0.4) is 0 Å². The van der Waals surface area contributed by atoms with Gasteiger partial charge in [-0.1, -0.05) is 227 Å². The van der Waals surface area contributed by atoms with E-state index in [2.05, 4.69) is 211 Å². The van der Waals surface area contributed by atoms with E-state index in [1.54, 1.807) is 5.57 Å². The minimum Gasteiger partial charge on any atom is -0.333 e.